The maximum Gasteiger partial charge on any atom is 0.270 e. The van der Waals surface area contributed by atoms with E-state index < -0.39 is 0 Å². The topological polar surface area (TPSA) is 110 Å². The van der Waals surface area contributed by atoms with Crippen LogP contribution in [0.4, 0.5) is 17.1 Å². The maximum atomic E-state index is 15.1. The molecule has 6 aromatic carbocycles. The third-order valence-corrected chi connectivity index (χ3v) is 10.5. The summed E-state index contributed by atoms with van der Waals surface area (Å²) in [5, 5.41) is 34.9. The van der Waals surface area contributed by atoms with E-state index in [-0.39, 0.29) is 11.5 Å². The number of nitriles is 1. The standard InChI is InChI=1S/C41H30N6O/c1-45-29(20-42)35-37(32-23-10-4-8-21-16-18-47-19-17-22-9-5-11-24(32)31(22)40(47)30(21)23)41(48)38(35)36-33-25(12-6-14-27(33)43)39(46(2)3)26-13-7-15-28(44)34(26)36/h4-15H,16-19,43-44H2,2-3H3/b35-29+. The van der Waals surface area contributed by atoms with Crippen LogP contribution in [0.25, 0.3) is 59.1 Å². The lowest BCUT2D eigenvalue weighted by atomic mass is 9.73. The number of benzene rings is 6. The van der Waals surface area contributed by atoms with Gasteiger partial charge in [0.25, 0.3) is 5.70 Å². The first-order chi connectivity index (χ1) is 23.3. The lowest BCUT2D eigenvalue weighted by Gasteiger charge is -2.38. The van der Waals surface area contributed by atoms with Crippen LogP contribution >= 0.6 is 0 Å². The average Bonchev–Trinajstić information content (AvgIpc) is 3.09. The predicted molar refractivity (Wildman–Crippen MR) is 193 cm³/mol. The number of rotatable bonds is 2. The average molecular weight is 623 g/mol. The van der Waals surface area contributed by atoms with Crippen molar-refractivity contribution in [3.63, 3.8) is 0 Å². The second-order valence-corrected chi connectivity index (χ2v) is 13.1. The molecule has 0 saturated heterocycles. The number of anilines is 3. The van der Waals surface area contributed by atoms with Gasteiger partial charge in [-0.2, -0.15) is 0 Å². The lowest BCUT2D eigenvalue weighted by molar-refractivity contribution is -0.292. The molecule has 9 rings (SSSR count). The van der Waals surface area contributed by atoms with Crippen molar-refractivity contribution in [3.8, 4) is 6.07 Å². The number of allylic oxidation sites excluding steroid dienone is 3. The van der Waals surface area contributed by atoms with Crippen LogP contribution in [0.5, 0.6) is 0 Å². The second-order valence-electron chi connectivity index (χ2n) is 13.1. The van der Waals surface area contributed by atoms with Crippen LogP contribution in [0, 0.1) is 17.9 Å². The molecule has 0 saturated carbocycles. The van der Waals surface area contributed by atoms with E-state index in [1.54, 1.807) is 0 Å². The Morgan fingerprint density at radius 1 is 0.792 bits per heavy atom. The van der Waals surface area contributed by atoms with Crippen LogP contribution in [0.3, 0.4) is 0 Å². The molecule has 2 heterocycles. The Kier molecular flexibility index (Phi) is 5.73. The Morgan fingerprint density at radius 2 is 1.31 bits per heavy atom. The summed E-state index contributed by atoms with van der Waals surface area (Å²) in [7, 11) is 3.94. The van der Waals surface area contributed by atoms with Gasteiger partial charge in [-0.25, -0.2) is 14.7 Å². The van der Waals surface area contributed by atoms with Crippen LogP contribution in [0.15, 0.2) is 89.8 Å². The zero-order valence-electron chi connectivity index (χ0n) is 26.6. The summed E-state index contributed by atoms with van der Waals surface area (Å²) in [6.45, 7) is 10.1. The molecule has 48 heavy (non-hydrogen) atoms. The van der Waals surface area contributed by atoms with E-state index in [0.717, 1.165) is 69.2 Å². The van der Waals surface area contributed by atoms with E-state index in [1.807, 2.05) is 55.4 Å². The molecule has 0 spiro atoms. The third kappa shape index (κ3) is 3.43. The minimum atomic E-state index is -0.217. The van der Waals surface area contributed by atoms with Crippen LogP contribution in [-0.2, 0) is 12.8 Å². The summed E-state index contributed by atoms with van der Waals surface area (Å²) < 4.78 is 2.48. The highest BCUT2D eigenvalue weighted by Crippen LogP contribution is 2.54. The third-order valence-electron chi connectivity index (χ3n) is 10.5. The Morgan fingerprint density at radius 3 is 1.81 bits per heavy atom. The Hall–Kier alpha value is -6.31. The number of hydrogen-bond donors (Lipinski definition) is 2. The zero-order valence-corrected chi connectivity index (χ0v) is 26.6. The first-order valence-corrected chi connectivity index (χ1v) is 16.1. The first kappa shape index (κ1) is 28.0. The summed E-state index contributed by atoms with van der Waals surface area (Å²) >= 11 is 0. The van der Waals surface area contributed by atoms with Gasteiger partial charge in [-0.3, -0.25) is 0 Å². The zero-order chi connectivity index (χ0) is 33.0. The molecule has 0 unspecified atom stereocenters. The summed E-state index contributed by atoms with van der Waals surface area (Å²) in [5.74, 6) is -0.217. The van der Waals surface area contributed by atoms with E-state index >= 15 is 5.11 Å². The lowest BCUT2D eigenvalue weighted by Crippen LogP contribution is -2.42. The summed E-state index contributed by atoms with van der Waals surface area (Å²) in [5.41, 5.74) is 19.5. The highest BCUT2D eigenvalue weighted by atomic mass is 16.3. The van der Waals surface area contributed by atoms with E-state index in [9.17, 15) is 5.26 Å². The number of nitrogens with zero attached hydrogens (tertiary/aromatic N) is 4. The van der Waals surface area contributed by atoms with Gasteiger partial charge >= 0.3 is 0 Å². The van der Waals surface area contributed by atoms with Gasteiger partial charge in [0.1, 0.15) is 13.1 Å². The van der Waals surface area contributed by atoms with Gasteiger partial charge < -0.3 is 21.5 Å². The van der Waals surface area contributed by atoms with Gasteiger partial charge in [-0.05, 0) is 50.4 Å². The maximum absolute atomic E-state index is 15.1. The molecule has 230 valence electrons. The van der Waals surface area contributed by atoms with E-state index in [2.05, 4.69) is 51.9 Å². The molecule has 1 aliphatic carbocycles. The van der Waals surface area contributed by atoms with Gasteiger partial charge in [-0.1, -0.05) is 66.4 Å². The number of hydrogen-bond acceptors (Lipinski definition) is 5. The monoisotopic (exact) mass is 622 g/mol. The SMILES string of the molecule is [C-]#[N+]/C(C#N)=C1/C(c2c3c(N)cccc3c(N(C)C)c3cccc(N)c23)=C([O-])C1=c1c2cccc3c2c2c4c(cccc14)CC[N+]=2CC3. The molecule has 7 nitrogen and oxygen atoms in total. The van der Waals surface area contributed by atoms with Crippen molar-refractivity contribution in [2.24, 2.45) is 0 Å². The van der Waals surface area contributed by atoms with Crippen LogP contribution < -0.4 is 36.6 Å². The Bertz CT molecular complexity index is 2650. The van der Waals surface area contributed by atoms with Crippen molar-refractivity contribution < 1.29 is 5.11 Å². The van der Waals surface area contributed by atoms with Crippen molar-refractivity contribution >= 4 is 71.3 Å². The fourth-order valence-electron chi connectivity index (χ4n) is 8.65. The first-order valence-electron chi connectivity index (χ1n) is 16.1. The smallest absolute Gasteiger partial charge is 0.270 e. The molecule has 0 atom stereocenters. The summed E-state index contributed by atoms with van der Waals surface area (Å²) in [4.78, 5) is 5.75. The largest absolute Gasteiger partial charge is 0.872 e. The van der Waals surface area contributed by atoms with Crippen molar-refractivity contribution in [2.45, 2.75) is 12.8 Å². The van der Waals surface area contributed by atoms with Crippen molar-refractivity contribution in [3.05, 3.63) is 129 Å². The molecule has 0 fully saturated rings. The highest BCUT2D eigenvalue weighted by molar-refractivity contribution is 6.29. The molecule has 0 bridgehead atoms. The molecule has 0 aromatic heterocycles. The van der Waals surface area contributed by atoms with Crippen LogP contribution in [0.1, 0.15) is 16.7 Å². The van der Waals surface area contributed by atoms with Gasteiger partial charge in [0, 0.05) is 71.0 Å². The Balaban J connectivity index is 1.57. The molecule has 0 radical (unpaired) electrons. The van der Waals surface area contributed by atoms with E-state index in [0.29, 0.717) is 44.4 Å². The number of fused-ring (bicyclic) bond motifs is 2. The quantitative estimate of drug-likeness (QED) is 0.0952. The van der Waals surface area contributed by atoms with Crippen molar-refractivity contribution in [1.82, 2.24) is 4.58 Å². The molecule has 6 aromatic rings. The van der Waals surface area contributed by atoms with Crippen molar-refractivity contribution in [1.29, 1.82) is 5.26 Å². The summed E-state index contributed by atoms with van der Waals surface area (Å²) in [6, 6.07) is 26.2. The van der Waals surface area contributed by atoms with Crippen molar-refractivity contribution in [2.75, 3.05) is 43.6 Å². The number of nitrogen functional groups attached to an aromatic ring is 2. The minimum Gasteiger partial charge on any atom is -0.872 e. The molecular weight excluding hydrogens is 592 g/mol. The van der Waals surface area contributed by atoms with Gasteiger partial charge in [0.15, 0.2) is 0 Å². The molecule has 2 aliphatic heterocycles. The highest BCUT2D eigenvalue weighted by Gasteiger charge is 2.35. The summed E-state index contributed by atoms with van der Waals surface area (Å²) in [6.07, 6.45) is 1.84. The predicted octanol–water partition coefficient (Wildman–Crippen LogP) is 4.77. The van der Waals surface area contributed by atoms with E-state index in [4.69, 9.17) is 18.0 Å². The van der Waals surface area contributed by atoms with Gasteiger partial charge in [0.2, 0.25) is 5.36 Å². The molecule has 0 amide bonds. The molecule has 7 heteroatoms. The molecule has 4 N–H and O–H groups in total. The molecule has 3 aliphatic rings. The van der Waals surface area contributed by atoms with Gasteiger partial charge in [0.05, 0.1) is 29.1 Å². The fourth-order valence-corrected chi connectivity index (χ4v) is 8.65. The minimum absolute atomic E-state index is 0.125. The fraction of sp³-hybridized carbons (Fsp3) is 0.146. The number of nitrogens with two attached hydrogens (primary N) is 2. The van der Waals surface area contributed by atoms with Gasteiger partial charge in [-0.15, -0.1) is 0 Å². The van der Waals surface area contributed by atoms with E-state index in [1.165, 1.54) is 16.5 Å². The Labute approximate surface area is 276 Å². The molecular formula is C41H30N6O. The van der Waals surface area contributed by atoms with Crippen LogP contribution in [0.2, 0.25) is 0 Å². The second kappa shape index (κ2) is 9.84. The normalized spacial score (nSPS) is 16.1. The van der Waals surface area contributed by atoms with Crippen LogP contribution in [-0.4, -0.2) is 27.2 Å².